The number of nitrogens with one attached hydrogen (secondary N) is 1. The number of esters is 1. The van der Waals surface area contributed by atoms with Gasteiger partial charge in [-0.05, 0) is 73.8 Å². The molecule has 5 rings (SSSR count). The maximum Gasteiger partial charge on any atom is 0.303 e. The highest BCUT2D eigenvalue weighted by Crippen LogP contribution is 2.69. The molecule has 7 unspecified atom stereocenters. The number of halogens is 1. The molecule has 0 bridgehead atoms. The number of pyridine rings is 1. The Labute approximate surface area is 238 Å². The van der Waals surface area contributed by atoms with Crippen molar-refractivity contribution in [3.63, 3.8) is 0 Å². The average molecular weight is 573 g/mol. The molecule has 0 amide bonds. The zero-order chi connectivity index (χ0) is 28.9. The van der Waals surface area contributed by atoms with Crippen molar-refractivity contribution in [3.8, 4) is 0 Å². The Kier molecular flexibility index (Phi) is 7.84. The van der Waals surface area contributed by atoms with Gasteiger partial charge in [-0.15, -0.1) is 0 Å². The Balaban J connectivity index is 1.47. The smallest absolute Gasteiger partial charge is 0.303 e. The second kappa shape index (κ2) is 10.8. The second-order valence-corrected chi connectivity index (χ2v) is 13.4. The van der Waals surface area contributed by atoms with Gasteiger partial charge < -0.3 is 20.4 Å². The summed E-state index contributed by atoms with van der Waals surface area (Å²) in [5.74, 6) is -0.669. The molecule has 4 aliphatic rings. The number of carbonyl (C=O) groups excluding carboxylic acids is 2. The average Bonchev–Trinajstić information content (AvgIpc) is 3.19. The van der Waals surface area contributed by atoms with E-state index in [4.69, 9.17) is 10.1 Å². The quantitative estimate of drug-likeness (QED) is 0.223. The van der Waals surface area contributed by atoms with Crippen LogP contribution in [0.15, 0.2) is 41.2 Å². The van der Waals surface area contributed by atoms with E-state index in [0.29, 0.717) is 19.3 Å². The molecule has 1 aromatic heterocycles. The van der Waals surface area contributed by atoms with Crippen LogP contribution in [0.4, 0.5) is 10.1 Å². The van der Waals surface area contributed by atoms with Crippen LogP contribution >= 0.6 is 11.8 Å². The van der Waals surface area contributed by atoms with E-state index >= 15 is 0 Å². The molecular formula is C30H39FN3O5S+. The highest BCUT2D eigenvalue weighted by atomic mass is 32.2. The Morgan fingerprint density at radius 3 is 2.75 bits per heavy atom. The van der Waals surface area contributed by atoms with E-state index in [-0.39, 0.29) is 40.6 Å². The van der Waals surface area contributed by atoms with Crippen LogP contribution < -0.4 is 5.32 Å². The van der Waals surface area contributed by atoms with Crippen molar-refractivity contribution in [2.24, 2.45) is 28.6 Å². The van der Waals surface area contributed by atoms with Crippen LogP contribution in [-0.4, -0.2) is 56.6 Å². The minimum Gasteiger partial charge on any atom is -0.450 e. The lowest BCUT2D eigenvalue weighted by molar-refractivity contribution is -0.513. The Morgan fingerprint density at radius 2 is 2.10 bits per heavy atom. The predicted octanol–water partition coefficient (Wildman–Crippen LogP) is 3.42. The number of rotatable bonds is 7. The molecule has 0 radical (unpaired) electrons. The van der Waals surface area contributed by atoms with E-state index in [1.807, 2.05) is 12.2 Å². The molecule has 8 nitrogen and oxygen atoms in total. The maximum absolute atomic E-state index is 13.6. The summed E-state index contributed by atoms with van der Waals surface area (Å²) in [6, 6.07) is 2.99. The third kappa shape index (κ3) is 4.57. The fourth-order valence-corrected chi connectivity index (χ4v) is 9.56. The number of nitrogens with zero attached hydrogens (tertiary/aromatic N) is 1. The number of hydrogen-bond acceptors (Lipinski definition) is 8. The minimum absolute atomic E-state index is 0.0668. The van der Waals surface area contributed by atoms with Gasteiger partial charge in [-0.2, -0.15) is 4.39 Å². The number of fused-ring (bicyclic) bond motifs is 5. The van der Waals surface area contributed by atoms with Gasteiger partial charge in [-0.25, -0.2) is 4.98 Å². The Hall–Kier alpha value is -2.40. The number of nitrogens with two attached hydrogens (primary N) is 1. The van der Waals surface area contributed by atoms with Crippen LogP contribution in [0.1, 0.15) is 59.3 Å². The molecular weight excluding hydrogens is 533 g/mol. The van der Waals surface area contributed by atoms with Crippen molar-refractivity contribution in [1.29, 1.82) is 5.41 Å². The molecule has 0 aromatic carbocycles. The fourth-order valence-electron chi connectivity index (χ4n) is 8.67. The lowest BCUT2D eigenvalue weighted by Gasteiger charge is -2.60. The fraction of sp³-hybridized carbons (Fsp3) is 0.600. The largest absolute Gasteiger partial charge is 0.450 e. The highest BCUT2D eigenvalue weighted by molar-refractivity contribution is 8.13. The summed E-state index contributed by atoms with van der Waals surface area (Å²) in [6.07, 6.45) is 8.03. The number of aromatic nitrogens is 1. The number of thioether (sulfide) groups is 1. The summed E-state index contributed by atoms with van der Waals surface area (Å²) >= 11 is 1.01. The van der Waals surface area contributed by atoms with Gasteiger partial charge in [0.1, 0.15) is 5.70 Å². The van der Waals surface area contributed by atoms with Crippen LogP contribution in [-0.2, 0) is 14.3 Å². The summed E-state index contributed by atoms with van der Waals surface area (Å²) in [4.78, 5) is 29.6. The number of aliphatic hydroxyl groups excluding tert-OH is 2. The van der Waals surface area contributed by atoms with Gasteiger partial charge in [0.25, 0.3) is 0 Å². The monoisotopic (exact) mass is 572 g/mol. The molecule has 5 N–H and O–H groups in total. The van der Waals surface area contributed by atoms with Crippen molar-refractivity contribution < 1.29 is 34.2 Å². The zero-order valence-electron chi connectivity index (χ0n) is 23.3. The first-order chi connectivity index (χ1) is 19.0. The first-order valence-corrected chi connectivity index (χ1v) is 15.0. The van der Waals surface area contributed by atoms with E-state index in [0.717, 1.165) is 48.0 Å². The van der Waals surface area contributed by atoms with Crippen LogP contribution in [0.2, 0.25) is 0 Å². The number of carbonyl (C=O) groups is 2. The molecule has 0 aliphatic heterocycles. The van der Waals surface area contributed by atoms with E-state index in [2.05, 4.69) is 18.0 Å². The van der Waals surface area contributed by atoms with Crippen molar-refractivity contribution >= 4 is 34.7 Å². The molecule has 10 heteroatoms. The van der Waals surface area contributed by atoms with Gasteiger partial charge in [0.2, 0.25) is 11.1 Å². The maximum atomic E-state index is 13.6. The number of aliphatic hydroxyl groups is 2. The summed E-state index contributed by atoms with van der Waals surface area (Å²) in [7, 11) is 0. The van der Waals surface area contributed by atoms with Crippen molar-refractivity contribution in [2.75, 3.05) is 12.4 Å². The third-order valence-corrected chi connectivity index (χ3v) is 11.2. The molecule has 1 heterocycles. The number of allylic oxidation sites excluding steroid dienone is 3. The SMILES string of the molecule is CC(=O)OC1(C(=O)SCCO)CCC2C3CCC4=CC([NH2+]c5ccc(F)nc5)=C(C=N)CC4(C)C3C(O)CC21C. The minimum atomic E-state index is -1.33. The topological polar surface area (TPSA) is 137 Å². The van der Waals surface area contributed by atoms with Crippen LogP contribution in [0, 0.1) is 39.9 Å². The van der Waals surface area contributed by atoms with Crippen molar-refractivity contribution in [1.82, 2.24) is 4.98 Å². The summed E-state index contributed by atoms with van der Waals surface area (Å²) < 4.78 is 19.3. The van der Waals surface area contributed by atoms with Gasteiger partial charge in [-0.1, -0.05) is 31.2 Å². The van der Waals surface area contributed by atoms with Crippen LogP contribution in [0.25, 0.3) is 0 Å². The van der Waals surface area contributed by atoms with Crippen molar-refractivity contribution in [3.05, 3.63) is 47.2 Å². The molecule has 40 heavy (non-hydrogen) atoms. The molecule has 7 atom stereocenters. The number of ether oxygens (including phenoxy) is 1. The Bertz CT molecular complexity index is 1270. The summed E-state index contributed by atoms with van der Waals surface area (Å²) in [6.45, 7) is 5.38. The van der Waals surface area contributed by atoms with Gasteiger partial charge in [0.15, 0.2) is 11.3 Å². The van der Waals surface area contributed by atoms with Crippen LogP contribution in [0.5, 0.6) is 0 Å². The predicted molar refractivity (Wildman–Crippen MR) is 149 cm³/mol. The third-order valence-electron chi connectivity index (χ3n) is 10.3. The first kappa shape index (κ1) is 29.1. The first-order valence-electron chi connectivity index (χ1n) is 14.1. The Morgan fingerprint density at radius 1 is 1.32 bits per heavy atom. The van der Waals surface area contributed by atoms with Gasteiger partial charge in [0, 0.05) is 35.9 Å². The van der Waals surface area contributed by atoms with E-state index in [1.165, 1.54) is 31.0 Å². The van der Waals surface area contributed by atoms with Gasteiger partial charge in [0.05, 0.1) is 18.9 Å². The lowest BCUT2D eigenvalue weighted by Crippen LogP contribution is -2.76. The molecule has 3 saturated carbocycles. The number of hydrogen-bond donors (Lipinski definition) is 4. The number of quaternary nitrogens is 1. The van der Waals surface area contributed by atoms with E-state index < -0.39 is 29.0 Å². The van der Waals surface area contributed by atoms with Crippen molar-refractivity contribution in [2.45, 2.75) is 71.0 Å². The van der Waals surface area contributed by atoms with Gasteiger partial charge >= 0.3 is 5.97 Å². The van der Waals surface area contributed by atoms with Gasteiger partial charge in [-0.3, -0.25) is 14.9 Å². The summed E-state index contributed by atoms with van der Waals surface area (Å²) in [5.41, 5.74) is 1.34. The zero-order valence-corrected chi connectivity index (χ0v) is 24.1. The standard InChI is InChI=1S/C30H38FN3O5S/c1-17(36)39-30(27(38)40-11-10-35)9-8-22-21-6-4-19-12-23(34-20-5-7-25(31)33-16-20)18(15-32)13-28(19,2)26(21)24(37)14-29(22,30)3/h5,7,12,15-16,21-22,24,26,32,34-35,37H,4,6,8-11,13-14H2,1-3H3/p+1. The molecule has 216 valence electrons. The molecule has 1 aromatic rings. The molecule has 0 spiro atoms. The van der Waals surface area contributed by atoms with E-state index in [9.17, 15) is 24.2 Å². The van der Waals surface area contributed by atoms with Crippen LogP contribution in [0.3, 0.4) is 0 Å². The highest BCUT2D eigenvalue weighted by Gasteiger charge is 2.70. The molecule has 0 saturated heterocycles. The van der Waals surface area contributed by atoms with E-state index in [1.54, 1.807) is 6.07 Å². The normalized spacial score (nSPS) is 36.7. The molecule has 4 aliphatic carbocycles. The second-order valence-electron chi connectivity index (χ2n) is 12.3. The molecule has 3 fully saturated rings. The lowest BCUT2D eigenvalue weighted by atomic mass is 9.45. The summed E-state index contributed by atoms with van der Waals surface area (Å²) in [5, 5.41) is 31.1.